The molecule has 0 spiro atoms. The Labute approximate surface area is 97.2 Å². The molecule has 1 nitrogen and oxygen atoms in total. The maximum atomic E-state index is 11.8. The molecule has 0 aromatic heterocycles. The zero-order chi connectivity index (χ0) is 11.4. The van der Waals surface area contributed by atoms with Crippen molar-refractivity contribution in [3.8, 4) is 0 Å². The number of benzene rings is 1. The average Bonchev–Trinajstić information content (AvgIpc) is 2.24. The van der Waals surface area contributed by atoms with Gasteiger partial charge in [-0.2, -0.15) is 0 Å². The molecule has 1 aromatic rings. The van der Waals surface area contributed by atoms with Crippen LogP contribution in [-0.2, 0) is 0 Å². The molecule has 1 saturated carbocycles. The van der Waals surface area contributed by atoms with Crippen molar-refractivity contribution in [2.75, 3.05) is 0 Å². The molecule has 0 radical (unpaired) electrons. The van der Waals surface area contributed by atoms with E-state index >= 15 is 0 Å². The minimum Gasteiger partial charge on any atom is -0.289 e. The van der Waals surface area contributed by atoms with E-state index in [1.807, 2.05) is 25.1 Å². The van der Waals surface area contributed by atoms with E-state index < -0.39 is 0 Å². The molecule has 0 aliphatic heterocycles. The summed E-state index contributed by atoms with van der Waals surface area (Å²) >= 11 is 0. The van der Waals surface area contributed by atoms with Crippen LogP contribution in [0.4, 0.5) is 0 Å². The third-order valence-corrected chi connectivity index (χ3v) is 3.25. The number of hydrogen-bond acceptors (Lipinski definition) is 1. The second-order valence-corrected chi connectivity index (χ2v) is 4.43. The monoisotopic (exact) mass is 214 g/mol. The molecule has 0 atom stereocenters. The Morgan fingerprint density at radius 1 is 1.44 bits per heavy atom. The molecule has 1 aliphatic rings. The molecule has 1 aromatic carbocycles. The van der Waals surface area contributed by atoms with Crippen molar-refractivity contribution in [3.63, 3.8) is 0 Å². The van der Waals surface area contributed by atoms with E-state index in [0.717, 1.165) is 12.0 Å². The van der Waals surface area contributed by atoms with E-state index in [9.17, 15) is 4.79 Å². The molecule has 0 amide bonds. The molecular formula is C15H18O. The maximum absolute atomic E-state index is 11.8. The number of carbonyl (C=O) groups is 1. The number of ketones is 1. The molecule has 2 rings (SSSR count). The van der Waals surface area contributed by atoms with Crippen molar-refractivity contribution in [2.24, 2.45) is 0 Å². The van der Waals surface area contributed by atoms with E-state index in [1.165, 1.54) is 24.8 Å². The molecule has 0 heterocycles. The molecule has 84 valence electrons. The van der Waals surface area contributed by atoms with Crippen molar-refractivity contribution in [3.05, 3.63) is 47.5 Å². The van der Waals surface area contributed by atoms with Crippen LogP contribution in [0.25, 0.3) is 0 Å². The topological polar surface area (TPSA) is 17.1 Å². The number of carbonyl (C=O) groups excluding carboxylic acids is 1. The molecular weight excluding hydrogens is 196 g/mol. The smallest absolute Gasteiger partial charge is 0.185 e. The van der Waals surface area contributed by atoms with E-state index in [-0.39, 0.29) is 5.78 Å². The van der Waals surface area contributed by atoms with Gasteiger partial charge in [-0.1, -0.05) is 37.6 Å². The van der Waals surface area contributed by atoms with Crippen LogP contribution >= 0.6 is 0 Å². The molecule has 16 heavy (non-hydrogen) atoms. The lowest BCUT2D eigenvalue weighted by molar-refractivity contribution is 0.104. The summed E-state index contributed by atoms with van der Waals surface area (Å²) in [6.07, 6.45) is 8.40. The Morgan fingerprint density at radius 3 is 2.88 bits per heavy atom. The Morgan fingerprint density at radius 2 is 2.25 bits per heavy atom. The van der Waals surface area contributed by atoms with Gasteiger partial charge in [0.25, 0.3) is 0 Å². The summed E-state index contributed by atoms with van der Waals surface area (Å²) in [5, 5.41) is 0. The summed E-state index contributed by atoms with van der Waals surface area (Å²) in [6.45, 7) is 2.04. The third-order valence-electron chi connectivity index (χ3n) is 3.25. The Bertz CT molecular complexity index is 400. The van der Waals surface area contributed by atoms with Crippen molar-refractivity contribution in [2.45, 2.75) is 38.5 Å². The molecule has 0 saturated heterocycles. The first-order valence-corrected chi connectivity index (χ1v) is 6.12. The second-order valence-electron chi connectivity index (χ2n) is 4.43. The van der Waals surface area contributed by atoms with Gasteiger partial charge >= 0.3 is 0 Å². The lowest BCUT2D eigenvalue weighted by atomic mass is 9.79. The van der Waals surface area contributed by atoms with Gasteiger partial charge in [0, 0.05) is 5.56 Å². The van der Waals surface area contributed by atoms with Crippen LogP contribution in [0.2, 0.25) is 0 Å². The van der Waals surface area contributed by atoms with Gasteiger partial charge in [0.2, 0.25) is 0 Å². The zero-order valence-electron chi connectivity index (χ0n) is 9.78. The Balaban J connectivity index is 2.14. The zero-order valence-corrected chi connectivity index (χ0v) is 9.78. The van der Waals surface area contributed by atoms with Crippen LogP contribution in [0.3, 0.4) is 0 Å². The highest BCUT2D eigenvalue weighted by Gasteiger charge is 2.19. The fourth-order valence-electron chi connectivity index (χ4n) is 2.01. The van der Waals surface area contributed by atoms with Gasteiger partial charge in [0.15, 0.2) is 5.78 Å². The lowest BCUT2D eigenvalue weighted by Gasteiger charge is -2.25. The lowest BCUT2D eigenvalue weighted by Crippen LogP contribution is -2.09. The summed E-state index contributed by atoms with van der Waals surface area (Å²) in [4.78, 5) is 11.8. The van der Waals surface area contributed by atoms with Gasteiger partial charge in [0.1, 0.15) is 0 Å². The van der Waals surface area contributed by atoms with Crippen molar-refractivity contribution < 1.29 is 4.79 Å². The van der Waals surface area contributed by atoms with Crippen LogP contribution in [0.5, 0.6) is 0 Å². The van der Waals surface area contributed by atoms with E-state index in [1.54, 1.807) is 6.08 Å². The molecule has 0 unspecified atom stereocenters. The minimum absolute atomic E-state index is 0.128. The number of hydrogen-bond donors (Lipinski definition) is 0. The normalized spacial score (nSPS) is 16.3. The van der Waals surface area contributed by atoms with Gasteiger partial charge in [-0.15, -0.1) is 0 Å². The van der Waals surface area contributed by atoms with Crippen LogP contribution in [-0.4, -0.2) is 5.78 Å². The predicted octanol–water partition coefficient (Wildman–Crippen LogP) is 4.10. The Kier molecular flexibility index (Phi) is 3.55. The standard InChI is InChI=1S/C15H18O/c1-2-3-10-15(16)14-9-5-8-13(11-14)12-6-4-7-12/h3,5,8-12H,2,4,6-7H2,1H3/b10-3+. The molecule has 0 N–H and O–H groups in total. The average molecular weight is 214 g/mol. The van der Waals surface area contributed by atoms with Crippen LogP contribution in [0.15, 0.2) is 36.4 Å². The molecule has 1 aliphatic carbocycles. The summed E-state index contributed by atoms with van der Waals surface area (Å²) < 4.78 is 0. The summed E-state index contributed by atoms with van der Waals surface area (Å²) in [5.41, 5.74) is 2.16. The maximum Gasteiger partial charge on any atom is 0.185 e. The van der Waals surface area contributed by atoms with Crippen LogP contribution in [0.1, 0.15) is 54.4 Å². The van der Waals surface area contributed by atoms with Gasteiger partial charge in [-0.25, -0.2) is 0 Å². The van der Waals surface area contributed by atoms with Crippen LogP contribution < -0.4 is 0 Å². The molecule has 1 heteroatoms. The van der Waals surface area contributed by atoms with Crippen molar-refractivity contribution in [1.82, 2.24) is 0 Å². The van der Waals surface area contributed by atoms with Gasteiger partial charge < -0.3 is 0 Å². The van der Waals surface area contributed by atoms with E-state index in [2.05, 4.69) is 12.1 Å². The summed E-state index contributed by atoms with van der Waals surface area (Å²) in [6, 6.07) is 8.11. The number of allylic oxidation sites excluding steroid dienone is 2. The quantitative estimate of drug-likeness (QED) is 0.544. The SMILES string of the molecule is CC/C=C/C(=O)c1cccc(C2CCC2)c1. The highest BCUT2D eigenvalue weighted by molar-refractivity contribution is 6.04. The van der Waals surface area contributed by atoms with Crippen LogP contribution in [0, 0.1) is 0 Å². The third kappa shape index (κ3) is 2.41. The fourth-order valence-corrected chi connectivity index (χ4v) is 2.01. The van der Waals surface area contributed by atoms with E-state index in [0.29, 0.717) is 5.92 Å². The highest BCUT2D eigenvalue weighted by Crippen LogP contribution is 2.36. The van der Waals surface area contributed by atoms with E-state index in [4.69, 9.17) is 0 Å². The molecule has 0 bridgehead atoms. The predicted molar refractivity (Wildman–Crippen MR) is 66.8 cm³/mol. The first-order chi connectivity index (χ1) is 7.81. The number of rotatable bonds is 4. The van der Waals surface area contributed by atoms with Gasteiger partial charge in [-0.05, 0) is 42.9 Å². The second kappa shape index (κ2) is 5.11. The largest absolute Gasteiger partial charge is 0.289 e. The molecule has 1 fully saturated rings. The Hall–Kier alpha value is -1.37. The van der Waals surface area contributed by atoms with Gasteiger partial charge in [-0.3, -0.25) is 4.79 Å². The summed E-state index contributed by atoms with van der Waals surface area (Å²) in [5.74, 6) is 0.825. The first-order valence-electron chi connectivity index (χ1n) is 6.12. The first kappa shape index (κ1) is 11.1. The van der Waals surface area contributed by atoms with Crippen molar-refractivity contribution in [1.29, 1.82) is 0 Å². The minimum atomic E-state index is 0.128. The highest BCUT2D eigenvalue weighted by atomic mass is 16.1. The van der Waals surface area contributed by atoms with Crippen molar-refractivity contribution >= 4 is 5.78 Å². The summed E-state index contributed by atoms with van der Waals surface area (Å²) in [7, 11) is 0. The van der Waals surface area contributed by atoms with Gasteiger partial charge in [0.05, 0.1) is 0 Å². The fraction of sp³-hybridized carbons (Fsp3) is 0.400.